The molecule has 8 nitrogen and oxygen atoms in total. The normalized spacial score (nSPS) is 11.3. The lowest BCUT2D eigenvalue weighted by Crippen LogP contribution is -2.21. The fourth-order valence-electron chi connectivity index (χ4n) is 2.44. The largest absolute Gasteiger partial charge is 0.326 e. The van der Waals surface area contributed by atoms with Crippen molar-refractivity contribution in [2.75, 3.05) is 5.32 Å². The highest BCUT2D eigenvalue weighted by Crippen LogP contribution is 2.22. The minimum absolute atomic E-state index is 0.0137. The summed E-state index contributed by atoms with van der Waals surface area (Å²) in [5, 5.41) is 17.3. The van der Waals surface area contributed by atoms with E-state index in [0.717, 1.165) is 6.07 Å². The number of hydrogen-bond donors (Lipinski definition) is 2. The number of nitrogens with zero attached hydrogens (tertiary/aromatic N) is 2. The van der Waals surface area contributed by atoms with E-state index in [-0.39, 0.29) is 28.6 Å². The molecule has 2 amide bonds. The van der Waals surface area contributed by atoms with Crippen molar-refractivity contribution in [3.05, 3.63) is 68.7 Å². The molecule has 0 spiro atoms. The molecule has 0 saturated carbocycles. The molecule has 0 heterocycles. The molecule has 0 fully saturated rings. The van der Waals surface area contributed by atoms with Crippen molar-refractivity contribution in [2.24, 2.45) is 5.10 Å². The molecule has 152 valence electrons. The standard InChI is InChI=1S/C20H21ClN4O4/c1-12(2)14-4-6-15(7-5-14)22-19(26)10-13(3)23-24-20(27)17-9-8-16(25(28)29)11-18(17)21/h4-9,11-12H,10H2,1-3H3,(H,22,26)(H,24,27)/b23-13+. The van der Waals surface area contributed by atoms with Crippen molar-refractivity contribution < 1.29 is 14.5 Å². The number of nitro groups is 1. The van der Waals surface area contributed by atoms with Crippen LogP contribution in [-0.4, -0.2) is 22.4 Å². The summed E-state index contributed by atoms with van der Waals surface area (Å²) in [6.07, 6.45) is -0.0137. The smallest absolute Gasteiger partial charge is 0.272 e. The number of non-ortho nitro benzene ring substituents is 1. The number of carbonyl (C=O) groups excluding carboxylic acids is 2. The van der Waals surface area contributed by atoms with Gasteiger partial charge in [0.15, 0.2) is 0 Å². The number of benzene rings is 2. The Hall–Kier alpha value is -3.26. The third-order valence-corrected chi connectivity index (χ3v) is 4.35. The van der Waals surface area contributed by atoms with E-state index in [4.69, 9.17) is 11.6 Å². The van der Waals surface area contributed by atoms with Gasteiger partial charge in [-0.1, -0.05) is 37.6 Å². The lowest BCUT2D eigenvalue weighted by atomic mass is 10.0. The summed E-state index contributed by atoms with van der Waals surface area (Å²) in [4.78, 5) is 34.4. The van der Waals surface area contributed by atoms with Crippen LogP contribution in [0.2, 0.25) is 5.02 Å². The van der Waals surface area contributed by atoms with Gasteiger partial charge >= 0.3 is 0 Å². The van der Waals surface area contributed by atoms with Crippen LogP contribution in [0.1, 0.15) is 49.0 Å². The van der Waals surface area contributed by atoms with Crippen LogP contribution in [0.5, 0.6) is 0 Å². The van der Waals surface area contributed by atoms with Crippen LogP contribution < -0.4 is 10.7 Å². The van der Waals surface area contributed by atoms with Crippen LogP contribution >= 0.6 is 11.6 Å². The first-order chi connectivity index (χ1) is 13.7. The third-order valence-electron chi connectivity index (χ3n) is 4.03. The molecule has 0 saturated heterocycles. The number of halogens is 1. The zero-order chi connectivity index (χ0) is 21.6. The van der Waals surface area contributed by atoms with Crippen LogP contribution in [-0.2, 0) is 4.79 Å². The SMILES string of the molecule is C/C(CC(=O)Nc1ccc(C(C)C)cc1)=N\NC(=O)c1ccc([N+](=O)[O-])cc1Cl. The molecule has 2 aromatic rings. The Morgan fingerprint density at radius 2 is 1.83 bits per heavy atom. The molecule has 0 aliphatic carbocycles. The van der Waals surface area contributed by atoms with E-state index < -0.39 is 10.8 Å². The highest BCUT2D eigenvalue weighted by Gasteiger charge is 2.15. The van der Waals surface area contributed by atoms with Gasteiger partial charge in [-0.15, -0.1) is 0 Å². The van der Waals surface area contributed by atoms with Gasteiger partial charge in [0.2, 0.25) is 5.91 Å². The molecule has 0 atom stereocenters. The Kier molecular flexibility index (Phi) is 7.44. The summed E-state index contributed by atoms with van der Waals surface area (Å²) < 4.78 is 0. The summed E-state index contributed by atoms with van der Waals surface area (Å²) in [6, 6.07) is 11.1. The van der Waals surface area contributed by atoms with Crippen LogP contribution in [0.3, 0.4) is 0 Å². The first kappa shape index (κ1) is 22.0. The molecule has 0 aliphatic heterocycles. The number of nitrogens with one attached hydrogen (secondary N) is 2. The topological polar surface area (TPSA) is 114 Å². The zero-order valence-corrected chi connectivity index (χ0v) is 17.0. The summed E-state index contributed by atoms with van der Waals surface area (Å²) in [6.45, 7) is 5.77. The molecule has 9 heteroatoms. The van der Waals surface area contributed by atoms with E-state index >= 15 is 0 Å². The van der Waals surface area contributed by atoms with Crippen molar-refractivity contribution in [1.82, 2.24) is 5.43 Å². The maximum Gasteiger partial charge on any atom is 0.272 e. The van der Waals surface area contributed by atoms with Gasteiger partial charge < -0.3 is 5.32 Å². The van der Waals surface area contributed by atoms with Crippen molar-refractivity contribution in [1.29, 1.82) is 0 Å². The monoisotopic (exact) mass is 416 g/mol. The second-order valence-electron chi connectivity index (χ2n) is 6.71. The molecular weight excluding hydrogens is 396 g/mol. The number of hydrogen-bond acceptors (Lipinski definition) is 5. The maximum atomic E-state index is 12.1. The molecule has 0 bridgehead atoms. The first-order valence-electron chi connectivity index (χ1n) is 8.84. The van der Waals surface area contributed by atoms with Crippen LogP contribution in [0.15, 0.2) is 47.6 Å². The van der Waals surface area contributed by atoms with Gasteiger partial charge in [0, 0.05) is 23.5 Å². The Labute approximate surface area is 173 Å². The number of carbonyl (C=O) groups is 2. The average Bonchev–Trinajstić information content (AvgIpc) is 2.66. The molecule has 2 rings (SSSR count). The molecule has 0 unspecified atom stereocenters. The van der Waals surface area contributed by atoms with Gasteiger partial charge in [0.1, 0.15) is 0 Å². The van der Waals surface area contributed by atoms with E-state index in [1.54, 1.807) is 6.92 Å². The summed E-state index contributed by atoms with van der Waals surface area (Å²) in [5.74, 6) is -0.498. The fraction of sp³-hybridized carbons (Fsp3) is 0.250. The fourth-order valence-corrected chi connectivity index (χ4v) is 2.70. The third kappa shape index (κ3) is 6.39. The Morgan fingerprint density at radius 3 is 2.38 bits per heavy atom. The highest BCUT2D eigenvalue weighted by molar-refractivity contribution is 6.34. The Morgan fingerprint density at radius 1 is 1.17 bits per heavy atom. The van der Waals surface area contributed by atoms with Gasteiger partial charge in [-0.2, -0.15) is 5.10 Å². The van der Waals surface area contributed by atoms with Gasteiger partial charge in [0.25, 0.3) is 11.6 Å². The van der Waals surface area contributed by atoms with Crippen LogP contribution in [0.25, 0.3) is 0 Å². The lowest BCUT2D eigenvalue weighted by Gasteiger charge is -2.08. The number of anilines is 1. The van der Waals surface area contributed by atoms with Crippen molar-refractivity contribution in [3.63, 3.8) is 0 Å². The molecular formula is C20H21ClN4O4. The first-order valence-corrected chi connectivity index (χ1v) is 9.22. The van der Waals surface area contributed by atoms with Gasteiger partial charge in [-0.25, -0.2) is 5.43 Å². The van der Waals surface area contributed by atoms with Crippen LogP contribution in [0.4, 0.5) is 11.4 Å². The van der Waals surface area contributed by atoms with Gasteiger partial charge in [0.05, 0.1) is 21.9 Å². The number of nitro benzene ring substituents is 1. The van der Waals surface area contributed by atoms with E-state index in [0.29, 0.717) is 17.3 Å². The van der Waals surface area contributed by atoms with E-state index in [1.807, 2.05) is 24.3 Å². The second kappa shape index (κ2) is 9.79. The minimum Gasteiger partial charge on any atom is -0.326 e. The Bertz CT molecular complexity index is 955. The molecule has 0 radical (unpaired) electrons. The number of hydrazone groups is 1. The lowest BCUT2D eigenvalue weighted by molar-refractivity contribution is -0.384. The maximum absolute atomic E-state index is 12.1. The van der Waals surface area contributed by atoms with E-state index in [1.165, 1.54) is 17.7 Å². The van der Waals surface area contributed by atoms with E-state index in [9.17, 15) is 19.7 Å². The van der Waals surface area contributed by atoms with Gasteiger partial charge in [-0.05, 0) is 36.6 Å². The average molecular weight is 417 g/mol. The van der Waals surface area contributed by atoms with E-state index in [2.05, 4.69) is 29.7 Å². The summed E-state index contributed by atoms with van der Waals surface area (Å²) in [5.41, 5.74) is 4.35. The van der Waals surface area contributed by atoms with Crippen molar-refractivity contribution >= 4 is 40.5 Å². The predicted molar refractivity (Wildman–Crippen MR) is 112 cm³/mol. The molecule has 0 aromatic heterocycles. The number of rotatable bonds is 7. The van der Waals surface area contributed by atoms with Gasteiger partial charge in [-0.3, -0.25) is 19.7 Å². The van der Waals surface area contributed by atoms with Crippen molar-refractivity contribution in [3.8, 4) is 0 Å². The van der Waals surface area contributed by atoms with Crippen LogP contribution in [0, 0.1) is 10.1 Å². The predicted octanol–water partition coefficient (Wildman–Crippen LogP) is 4.51. The summed E-state index contributed by atoms with van der Waals surface area (Å²) in [7, 11) is 0. The molecule has 29 heavy (non-hydrogen) atoms. The second-order valence-corrected chi connectivity index (χ2v) is 7.12. The molecule has 0 aliphatic rings. The number of amides is 2. The quantitative estimate of drug-likeness (QED) is 0.392. The zero-order valence-electron chi connectivity index (χ0n) is 16.2. The summed E-state index contributed by atoms with van der Waals surface area (Å²) >= 11 is 5.91. The minimum atomic E-state index is -0.631. The van der Waals surface area contributed by atoms with Crippen molar-refractivity contribution in [2.45, 2.75) is 33.1 Å². The Balaban J connectivity index is 1.93. The molecule has 2 aromatic carbocycles. The molecule has 2 N–H and O–H groups in total. The highest BCUT2D eigenvalue weighted by atomic mass is 35.5.